The first-order valence-electron chi connectivity index (χ1n) is 6.54. The highest BCUT2D eigenvalue weighted by molar-refractivity contribution is 7.91. The lowest BCUT2D eigenvalue weighted by molar-refractivity contribution is 0.370. The number of ether oxygens (including phenoxy) is 1. The van der Waals surface area contributed by atoms with Gasteiger partial charge in [0.2, 0.25) is 0 Å². The molecule has 21 heavy (non-hydrogen) atoms. The van der Waals surface area contributed by atoms with E-state index < -0.39 is 15.1 Å². The molecule has 1 atom stereocenters. The van der Waals surface area contributed by atoms with Crippen LogP contribution >= 0.6 is 0 Å². The van der Waals surface area contributed by atoms with Crippen LogP contribution in [0.2, 0.25) is 0 Å². The number of aryl methyl sites for hydroxylation is 1. The molecular weight excluding hydrogens is 288 g/mol. The summed E-state index contributed by atoms with van der Waals surface area (Å²) in [6, 6.07) is 11.5. The van der Waals surface area contributed by atoms with Crippen LogP contribution in [0.3, 0.4) is 0 Å². The fourth-order valence-corrected chi connectivity index (χ4v) is 3.58. The molecule has 0 fully saturated rings. The minimum atomic E-state index is -3.57. The van der Waals surface area contributed by atoms with Gasteiger partial charge in [0.25, 0.3) is 0 Å². The third-order valence-electron chi connectivity index (χ3n) is 3.50. The summed E-state index contributed by atoms with van der Waals surface area (Å²) in [4.78, 5) is 0.239. The van der Waals surface area contributed by atoms with Gasteiger partial charge in [-0.2, -0.15) is 0 Å². The zero-order valence-electron chi connectivity index (χ0n) is 12.2. The molecule has 0 spiro atoms. The Morgan fingerprint density at radius 3 is 2.29 bits per heavy atom. The van der Waals surface area contributed by atoms with Crippen molar-refractivity contribution in [2.75, 3.05) is 7.11 Å². The fourth-order valence-electron chi connectivity index (χ4n) is 2.13. The average Bonchev–Trinajstić information content (AvgIpc) is 2.47. The van der Waals surface area contributed by atoms with Crippen LogP contribution in [0.1, 0.15) is 23.3 Å². The van der Waals surface area contributed by atoms with Crippen molar-refractivity contribution in [1.82, 2.24) is 0 Å². The van der Waals surface area contributed by atoms with E-state index in [4.69, 9.17) is 4.74 Å². The van der Waals surface area contributed by atoms with Gasteiger partial charge in [0, 0.05) is 5.56 Å². The van der Waals surface area contributed by atoms with E-state index in [0.717, 1.165) is 5.56 Å². The number of rotatable bonds is 4. The molecule has 0 aliphatic rings. The van der Waals surface area contributed by atoms with Crippen molar-refractivity contribution in [1.29, 1.82) is 0 Å². The molecule has 0 radical (unpaired) electrons. The minimum absolute atomic E-state index is 0.136. The minimum Gasteiger partial charge on any atom is -0.504 e. The van der Waals surface area contributed by atoms with E-state index in [1.807, 2.05) is 6.92 Å². The molecule has 112 valence electrons. The Morgan fingerprint density at radius 2 is 1.71 bits per heavy atom. The first-order valence-corrected chi connectivity index (χ1v) is 8.09. The van der Waals surface area contributed by atoms with Crippen molar-refractivity contribution in [3.63, 3.8) is 0 Å². The van der Waals surface area contributed by atoms with Crippen molar-refractivity contribution >= 4 is 9.84 Å². The number of sulfone groups is 1. The maximum Gasteiger partial charge on any atom is 0.185 e. The highest BCUT2D eigenvalue weighted by Crippen LogP contribution is 2.38. The third-order valence-corrected chi connectivity index (χ3v) is 5.62. The molecule has 0 amide bonds. The Labute approximate surface area is 124 Å². The molecule has 4 nitrogen and oxygen atoms in total. The zero-order valence-corrected chi connectivity index (χ0v) is 13.0. The summed E-state index contributed by atoms with van der Waals surface area (Å²) >= 11 is 0. The maximum atomic E-state index is 12.6. The second-order valence-corrected chi connectivity index (χ2v) is 7.17. The van der Waals surface area contributed by atoms with Crippen LogP contribution in [-0.4, -0.2) is 20.6 Å². The van der Waals surface area contributed by atoms with Gasteiger partial charge in [-0.15, -0.1) is 0 Å². The van der Waals surface area contributed by atoms with Gasteiger partial charge in [-0.3, -0.25) is 0 Å². The van der Waals surface area contributed by atoms with Crippen molar-refractivity contribution in [2.24, 2.45) is 0 Å². The number of hydrogen-bond donors (Lipinski definition) is 1. The van der Waals surface area contributed by atoms with E-state index in [2.05, 4.69) is 0 Å². The number of methoxy groups -OCH3 is 1. The summed E-state index contributed by atoms with van der Waals surface area (Å²) in [5.74, 6) is 0.127. The van der Waals surface area contributed by atoms with Crippen molar-refractivity contribution in [2.45, 2.75) is 24.0 Å². The summed E-state index contributed by atoms with van der Waals surface area (Å²) in [6.07, 6.45) is 0. The smallest absolute Gasteiger partial charge is 0.185 e. The van der Waals surface area contributed by atoms with Crippen LogP contribution in [0, 0.1) is 6.92 Å². The second kappa shape index (κ2) is 5.77. The van der Waals surface area contributed by atoms with Crippen molar-refractivity contribution < 1.29 is 18.3 Å². The van der Waals surface area contributed by atoms with Crippen LogP contribution in [0.25, 0.3) is 0 Å². The van der Waals surface area contributed by atoms with E-state index in [9.17, 15) is 13.5 Å². The average molecular weight is 306 g/mol. The molecular formula is C16H18O4S. The Kier molecular flexibility index (Phi) is 4.23. The Hall–Kier alpha value is -2.01. The lowest BCUT2D eigenvalue weighted by atomic mass is 10.1. The molecule has 1 N–H and O–H groups in total. The van der Waals surface area contributed by atoms with Crippen LogP contribution in [0.15, 0.2) is 47.4 Å². The fraction of sp³-hybridized carbons (Fsp3) is 0.250. The number of phenols is 1. The maximum absolute atomic E-state index is 12.6. The number of phenolic OH excluding ortho intramolecular Hbond substituents is 1. The van der Waals surface area contributed by atoms with Gasteiger partial charge in [-0.05, 0) is 32.0 Å². The molecule has 0 saturated heterocycles. The summed E-state index contributed by atoms with van der Waals surface area (Å²) in [7, 11) is -2.14. The highest BCUT2D eigenvalue weighted by atomic mass is 32.2. The summed E-state index contributed by atoms with van der Waals surface area (Å²) in [5, 5.41) is 9.26. The molecule has 2 aromatic rings. The van der Waals surface area contributed by atoms with Gasteiger partial charge >= 0.3 is 0 Å². The van der Waals surface area contributed by atoms with Gasteiger partial charge in [0.15, 0.2) is 21.3 Å². The Bertz CT molecular complexity index is 733. The zero-order chi connectivity index (χ0) is 15.6. The van der Waals surface area contributed by atoms with Gasteiger partial charge in [-0.1, -0.05) is 29.8 Å². The highest BCUT2D eigenvalue weighted by Gasteiger charge is 2.27. The number of hydrogen-bond acceptors (Lipinski definition) is 4. The quantitative estimate of drug-likeness (QED) is 0.942. The van der Waals surface area contributed by atoms with E-state index in [1.165, 1.54) is 7.11 Å². The lowest BCUT2D eigenvalue weighted by Gasteiger charge is -2.16. The summed E-state index contributed by atoms with van der Waals surface area (Å²) < 4.78 is 30.3. The molecule has 1 unspecified atom stereocenters. The van der Waals surface area contributed by atoms with Crippen LogP contribution in [0.5, 0.6) is 11.5 Å². The van der Waals surface area contributed by atoms with Crippen LogP contribution in [0.4, 0.5) is 0 Å². The number of para-hydroxylation sites is 1. The Balaban J connectivity index is 2.48. The predicted molar refractivity (Wildman–Crippen MR) is 81.4 cm³/mol. The normalized spacial score (nSPS) is 12.9. The van der Waals surface area contributed by atoms with Crippen molar-refractivity contribution in [3.05, 3.63) is 53.6 Å². The van der Waals surface area contributed by atoms with Gasteiger partial charge in [0.05, 0.1) is 17.3 Å². The first kappa shape index (κ1) is 15.4. The van der Waals surface area contributed by atoms with Crippen molar-refractivity contribution in [3.8, 4) is 11.5 Å². The standard InChI is InChI=1S/C16H18O4S/c1-11-7-9-13(10-8-11)21(18,19)12(2)14-5-4-6-15(20-3)16(14)17/h4-10,12,17H,1-3H3. The molecule has 0 aromatic heterocycles. The van der Waals surface area contributed by atoms with Gasteiger partial charge in [0.1, 0.15) is 0 Å². The first-order chi connectivity index (χ1) is 9.87. The summed E-state index contributed by atoms with van der Waals surface area (Å²) in [6.45, 7) is 3.46. The molecule has 0 aliphatic heterocycles. The van der Waals surface area contributed by atoms with E-state index in [1.54, 1.807) is 49.4 Å². The number of benzene rings is 2. The topological polar surface area (TPSA) is 63.6 Å². The van der Waals surface area contributed by atoms with Crippen LogP contribution < -0.4 is 4.74 Å². The van der Waals surface area contributed by atoms with E-state index in [0.29, 0.717) is 5.56 Å². The predicted octanol–water partition coefficient (Wildman–Crippen LogP) is 3.24. The molecule has 2 rings (SSSR count). The molecule has 0 aliphatic carbocycles. The third kappa shape index (κ3) is 2.88. The second-order valence-electron chi connectivity index (χ2n) is 4.90. The SMILES string of the molecule is COc1cccc(C(C)S(=O)(=O)c2ccc(C)cc2)c1O. The molecule has 0 saturated carbocycles. The molecule has 0 bridgehead atoms. The van der Waals surface area contributed by atoms with E-state index in [-0.39, 0.29) is 16.4 Å². The van der Waals surface area contributed by atoms with Gasteiger partial charge < -0.3 is 9.84 Å². The molecule has 0 heterocycles. The largest absolute Gasteiger partial charge is 0.504 e. The van der Waals surface area contributed by atoms with E-state index >= 15 is 0 Å². The number of aromatic hydroxyl groups is 1. The monoisotopic (exact) mass is 306 g/mol. The lowest BCUT2D eigenvalue weighted by Crippen LogP contribution is -2.11. The molecule has 2 aromatic carbocycles. The van der Waals surface area contributed by atoms with Gasteiger partial charge in [-0.25, -0.2) is 8.42 Å². The van der Waals surface area contributed by atoms with Crippen LogP contribution in [-0.2, 0) is 9.84 Å². The Morgan fingerprint density at radius 1 is 1.10 bits per heavy atom. The summed E-state index contributed by atoms with van der Waals surface area (Å²) in [5.41, 5.74) is 1.32. The molecule has 5 heteroatoms.